The van der Waals surface area contributed by atoms with E-state index in [1.165, 1.54) is 11.8 Å². The van der Waals surface area contributed by atoms with E-state index in [0.717, 1.165) is 4.47 Å². The number of benzene rings is 1. The van der Waals surface area contributed by atoms with Gasteiger partial charge in [0, 0.05) is 10.0 Å². The van der Waals surface area contributed by atoms with E-state index in [-0.39, 0.29) is 17.3 Å². The molecule has 0 aliphatic heterocycles. The van der Waals surface area contributed by atoms with Gasteiger partial charge in [-0.05, 0) is 22.4 Å². The number of esters is 1. The first-order chi connectivity index (χ1) is 10.6. The van der Waals surface area contributed by atoms with Gasteiger partial charge >= 0.3 is 5.97 Å². The van der Waals surface area contributed by atoms with E-state index in [1.807, 2.05) is 12.1 Å². The lowest BCUT2D eigenvalue weighted by Crippen LogP contribution is -2.07. The zero-order valence-electron chi connectivity index (χ0n) is 11.2. The first-order valence-electron chi connectivity index (χ1n) is 6.00. The maximum Gasteiger partial charge on any atom is 0.360 e. The maximum atomic E-state index is 11.9. The molecule has 2 heterocycles. The summed E-state index contributed by atoms with van der Waals surface area (Å²) in [7, 11) is 1.26. The summed E-state index contributed by atoms with van der Waals surface area (Å²) >= 11 is 3.35. The molecule has 0 spiro atoms. The van der Waals surface area contributed by atoms with E-state index in [4.69, 9.17) is 10.5 Å². The number of aromatic nitrogens is 5. The Bertz CT molecular complexity index is 826. The molecule has 9 nitrogen and oxygen atoms in total. The van der Waals surface area contributed by atoms with Crippen LogP contribution in [0.2, 0.25) is 0 Å². The third-order valence-electron chi connectivity index (χ3n) is 2.86. The molecule has 112 valence electrons. The van der Waals surface area contributed by atoms with Crippen LogP contribution < -0.4 is 5.73 Å². The van der Waals surface area contributed by atoms with Gasteiger partial charge in [0.2, 0.25) is 11.6 Å². The minimum absolute atomic E-state index is 0.0275. The van der Waals surface area contributed by atoms with Crippen LogP contribution in [0.5, 0.6) is 0 Å². The van der Waals surface area contributed by atoms with Gasteiger partial charge in [-0.1, -0.05) is 33.3 Å². The van der Waals surface area contributed by atoms with Crippen molar-refractivity contribution in [2.75, 3.05) is 12.8 Å². The molecule has 0 amide bonds. The molecule has 2 N–H and O–H groups in total. The Kier molecular flexibility index (Phi) is 3.59. The Morgan fingerprint density at radius 3 is 2.64 bits per heavy atom. The lowest BCUT2D eigenvalue weighted by molar-refractivity contribution is 0.0595. The van der Waals surface area contributed by atoms with Gasteiger partial charge in [0.05, 0.1) is 7.11 Å². The van der Waals surface area contributed by atoms with Crippen molar-refractivity contribution in [2.24, 2.45) is 0 Å². The second kappa shape index (κ2) is 5.56. The van der Waals surface area contributed by atoms with Crippen LogP contribution in [0.4, 0.5) is 5.82 Å². The fourth-order valence-corrected chi connectivity index (χ4v) is 2.13. The molecular weight excluding hydrogens is 356 g/mol. The van der Waals surface area contributed by atoms with Crippen LogP contribution in [-0.2, 0) is 4.74 Å². The number of carbonyl (C=O) groups is 1. The quantitative estimate of drug-likeness (QED) is 0.692. The van der Waals surface area contributed by atoms with Crippen molar-refractivity contribution >= 4 is 27.7 Å². The smallest absolute Gasteiger partial charge is 0.360 e. The molecule has 3 aromatic rings. The molecular formula is C12H9BrN6O3. The summed E-state index contributed by atoms with van der Waals surface area (Å²) in [6.45, 7) is 0. The molecule has 3 rings (SSSR count). The van der Waals surface area contributed by atoms with E-state index in [2.05, 4.69) is 41.2 Å². The van der Waals surface area contributed by atoms with Gasteiger partial charge in [0.25, 0.3) is 0 Å². The molecule has 22 heavy (non-hydrogen) atoms. The molecule has 10 heteroatoms. The number of ether oxygens (including phenoxy) is 1. The molecule has 0 fully saturated rings. The largest absolute Gasteiger partial charge is 0.464 e. The van der Waals surface area contributed by atoms with Crippen molar-refractivity contribution in [3.63, 3.8) is 0 Å². The van der Waals surface area contributed by atoms with E-state index < -0.39 is 5.97 Å². The first-order valence-corrected chi connectivity index (χ1v) is 6.79. The fraction of sp³-hybridized carbons (Fsp3) is 0.0833. The summed E-state index contributed by atoms with van der Waals surface area (Å²) in [6.07, 6.45) is 0. The number of nitrogens with two attached hydrogens (primary N) is 1. The first kappa shape index (κ1) is 14.2. The second-order valence-corrected chi connectivity index (χ2v) is 5.09. The predicted octanol–water partition coefficient (Wildman–Crippen LogP) is 1.45. The average Bonchev–Trinajstić information content (AvgIpc) is 3.13. The van der Waals surface area contributed by atoms with Crippen molar-refractivity contribution in [3.05, 3.63) is 34.4 Å². The Hall–Kier alpha value is -2.75. The van der Waals surface area contributed by atoms with Gasteiger partial charge in [-0.25, -0.2) is 9.42 Å². The highest BCUT2D eigenvalue weighted by Crippen LogP contribution is 2.27. The number of nitrogen functional groups attached to an aromatic ring is 1. The standard InChI is InChI=1S/C12H9BrN6O3/c1-21-12(20)8-9(6-2-4-7(13)5-3-6)19(18-15-8)11-10(14)16-22-17-11/h2-5H,1H3,(H2,14,16). The van der Waals surface area contributed by atoms with Crippen LogP contribution in [0.1, 0.15) is 10.5 Å². The van der Waals surface area contributed by atoms with Crippen LogP contribution in [0.3, 0.4) is 0 Å². The van der Waals surface area contributed by atoms with Crippen molar-refractivity contribution < 1.29 is 14.2 Å². The number of halogens is 1. The van der Waals surface area contributed by atoms with E-state index in [0.29, 0.717) is 11.3 Å². The molecule has 2 aromatic heterocycles. The van der Waals surface area contributed by atoms with Crippen molar-refractivity contribution in [3.8, 4) is 17.1 Å². The van der Waals surface area contributed by atoms with E-state index in [1.54, 1.807) is 12.1 Å². The third-order valence-corrected chi connectivity index (χ3v) is 3.39. The number of anilines is 1. The molecule has 0 bridgehead atoms. The van der Waals surface area contributed by atoms with E-state index >= 15 is 0 Å². The van der Waals surface area contributed by atoms with E-state index in [9.17, 15) is 4.79 Å². The number of nitrogens with zero attached hydrogens (tertiary/aromatic N) is 5. The van der Waals surface area contributed by atoms with Gasteiger partial charge in [-0.3, -0.25) is 0 Å². The summed E-state index contributed by atoms with van der Waals surface area (Å²) in [5.41, 5.74) is 6.77. The second-order valence-electron chi connectivity index (χ2n) is 4.17. The summed E-state index contributed by atoms with van der Waals surface area (Å²) in [6, 6.07) is 7.21. The Morgan fingerprint density at radius 1 is 1.32 bits per heavy atom. The SMILES string of the molecule is COC(=O)c1nnn(-c2nonc2N)c1-c1ccc(Br)cc1. The lowest BCUT2D eigenvalue weighted by atomic mass is 10.1. The summed E-state index contributed by atoms with van der Waals surface area (Å²) in [4.78, 5) is 11.9. The highest BCUT2D eigenvalue weighted by Gasteiger charge is 2.25. The molecule has 1 aromatic carbocycles. The average molecular weight is 365 g/mol. The van der Waals surface area contributed by atoms with Gasteiger partial charge in [0.1, 0.15) is 5.69 Å². The molecule has 0 unspecified atom stereocenters. The van der Waals surface area contributed by atoms with Crippen molar-refractivity contribution in [1.82, 2.24) is 25.3 Å². The van der Waals surface area contributed by atoms with Gasteiger partial charge in [-0.2, -0.15) is 4.68 Å². The number of hydrogen-bond donors (Lipinski definition) is 1. The highest BCUT2D eigenvalue weighted by atomic mass is 79.9. The third kappa shape index (κ3) is 2.33. The topological polar surface area (TPSA) is 122 Å². The molecule has 0 aliphatic carbocycles. The molecule has 0 saturated carbocycles. The summed E-state index contributed by atoms with van der Waals surface area (Å²) in [5.74, 6) is -0.459. The number of hydrogen-bond acceptors (Lipinski definition) is 8. The van der Waals surface area contributed by atoms with Gasteiger partial charge < -0.3 is 10.5 Å². The normalized spacial score (nSPS) is 10.6. The van der Waals surface area contributed by atoms with Gasteiger partial charge in [-0.15, -0.1) is 5.10 Å². The number of methoxy groups -OCH3 is 1. The van der Waals surface area contributed by atoms with Gasteiger partial charge in [0.15, 0.2) is 5.69 Å². The fourth-order valence-electron chi connectivity index (χ4n) is 1.87. The maximum absolute atomic E-state index is 11.9. The molecule has 0 saturated heterocycles. The van der Waals surface area contributed by atoms with Crippen LogP contribution in [0.25, 0.3) is 17.1 Å². The number of carbonyl (C=O) groups excluding carboxylic acids is 1. The lowest BCUT2D eigenvalue weighted by Gasteiger charge is -2.05. The van der Waals surface area contributed by atoms with Crippen LogP contribution in [0, 0.1) is 0 Å². The van der Waals surface area contributed by atoms with Crippen molar-refractivity contribution in [2.45, 2.75) is 0 Å². The Labute approximate surface area is 132 Å². The van der Waals surface area contributed by atoms with Crippen LogP contribution in [-0.4, -0.2) is 38.4 Å². The summed E-state index contributed by atoms with van der Waals surface area (Å²) in [5, 5.41) is 14.9. The van der Waals surface area contributed by atoms with Crippen LogP contribution in [0.15, 0.2) is 33.4 Å². The minimum Gasteiger partial charge on any atom is -0.464 e. The highest BCUT2D eigenvalue weighted by molar-refractivity contribution is 9.10. The minimum atomic E-state index is -0.626. The zero-order valence-corrected chi connectivity index (χ0v) is 12.8. The summed E-state index contributed by atoms with van der Waals surface area (Å²) < 4.78 is 11.5. The van der Waals surface area contributed by atoms with Crippen molar-refractivity contribution in [1.29, 1.82) is 0 Å². The molecule has 0 atom stereocenters. The monoisotopic (exact) mass is 364 g/mol. The Balaban J connectivity index is 2.24. The van der Waals surface area contributed by atoms with Crippen LogP contribution >= 0.6 is 15.9 Å². The number of rotatable bonds is 3. The molecule has 0 radical (unpaired) electrons. The predicted molar refractivity (Wildman–Crippen MR) is 78.1 cm³/mol. The Morgan fingerprint density at radius 2 is 2.05 bits per heavy atom. The molecule has 0 aliphatic rings. The zero-order chi connectivity index (χ0) is 15.7.